The van der Waals surface area contributed by atoms with Gasteiger partial charge in [-0.3, -0.25) is 24.6 Å². The fraction of sp³-hybridized carbons (Fsp3) is 0.400. The molecular formula is C25H31N5O4. The zero-order chi connectivity index (χ0) is 24.2. The second kappa shape index (κ2) is 13.2. The van der Waals surface area contributed by atoms with Crippen LogP contribution in [-0.2, 0) is 4.79 Å². The summed E-state index contributed by atoms with van der Waals surface area (Å²) in [5.74, 6) is -0.250. The number of unbranched alkanes of at least 4 members (excludes halogenated alkanes) is 1. The number of nitro groups is 1. The van der Waals surface area contributed by atoms with Gasteiger partial charge in [0.25, 0.3) is 17.5 Å². The molecule has 34 heavy (non-hydrogen) atoms. The average molecular weight is 466 g/mol. The Morgan fingerprint density at radius 2 is 1.74 bits per heavy atom. The summed E-state index contributed by atoms with van der Waals surface area (Å²) in [6.07, 6.45) is 7.06. The van der Waals surface area contributed by atoms with E-state index in [0.29, 0.717) is 24.1 Å². The van der Waals surface area contributed by atoms with Gasteiger partial charge in [-0.1, -0.05) is 24.6 Å². The summed E-state index contributed by atoms with van der Waals surface area (Å²) in [5, 5.41) is 17.7. The molecule has 2 aromatic rings. The van der Waals surface area contributed by atoms with Crippen LogP contribution in [0.2, 0.25) is 0 Å². The van der Waals surface area contributed by atoms with Crippen molar-refractivity contribution in [3.63, 3.8) is 0 Å². The van der Waals surface area contributed by atoms with E-state index in [4.69, 9.17) is 0 Å². The van der Waals surface area contributed by atoms with Crippen LogP contribution < -0.4 is 10.7 Å². The number of non-ortho nitro benzene ring substituents is 1. The SMILES string of the molecule is O=C(NCCCCC(C(=O)NN=Cc1ccc([N+](=O)[O-])cc1)N1CCCCC1)c1ccccc1. The van der Waals surface area contributed by atoms with Gasteiger partial charge < -0.3 is 5.32 Å². The lowest BCUT2D eigenvalue weighted by Gasteiger charge is -2.33. The second-order valence-electron chi connectivity index (χ2n) is 8.31. The third kappa shape index (κ3) is 7.77. The lowest BCUT2D eigenvalue weighted by atomic mass is 10.0. The average Bonchev–Trinajstić information content (AvgIpc) is 2.87. The summed E-state index contributed by atoms with van der Waals surface area (Å²) in [7, 11) is 0. The highest BCUT2D eigenvalue weighted by Crippen LogP contribution is 2.17. The molecule has 1 unspecified atom stereocenters. The highest BCUT2D eigenvalue weighted by molar-refractivity contribution is 5.94. The van der Waals surface area contributed by atoms with Gasteiger partial charge in [0, 0.05) is 24.2 Å². The normalized spacial score (nSPS) is 15.1. The molecule has 1 atom stereocenters. The monoisotopic (exact) mass is 465 g/mol. The van der Waals surface area contributed by atoms with Crippen molar-refractivity contribution in [2.75, 3.05) is 19.6 Å². The van der Waals surface area contributed by atoms with Crippen LogP contribution in [0.15, 0.2) is 59.7 Å². The number of nitro benzene ring substituents is 1. The predicted molar refractivity (Wildman–Crippen MR) is 131 cm³/mol. The maximum Gasteiger partial charge on any atom is 0.269 e. The Hall–Kier alpha value is -3.59. The molecule has 2 N–H and O–H groups in total. The van der Waals surface area contributed by atoms with Crippen LogP contribution in [0.25, 0.3) is 0 Å². The van der Waals surface area contributed by atoms with E-state index in [1.807, 2.05) is 18.2 Å². The molecule has 1 fully saturated rings. The Labute approximate surface area is 199 Å². The highest BCUT2D eigenvalue weighted by atomic mass is 16.6. The van der Waals surface area contributed by atoms with Gasteiger partial charge in [-0.05, 0) is 75.0 Å². The molecule has 2 amide bonds. The van der Waals surface area contributed by atoms with Crippen LogP contribution in [0.4, 0.5) is 5.69 Å². The van der Waals surface area contributed by atoms with E-state index < -0.39 is 4.92 Å². The molecule has 3 rings (SSSR count). The number of hydrogen-bond donors (Lipinski definition) is 2. The molecule has 1 aliphatic heterocycles. The minimum atomic E-state index is -0.459. The van der Waals surface area contributed by atoms with Crippen molar-refractivity contribution in [3.8, 4) is 0 Å². The van der Waals surface area contributed by atoms with Gasteiger partial charge in [0.05, 0.1) is 17.2 Å². The topological polar surface area (TPSA) is 117 Å². The summed E-state index contributed by atoms with van der Waals surface area (Å²) < 4.78 is 0. The molecule has 1 aliphatic rings. The van der Waals surface area contributed by atoms with Gasteiger partial charge in [-0.15, -0.1) is 0 Å². The van der Waals surface area contributed by atoms with Crippen molar-refractivity contribution in [3.05, 3.63) is 75.8 Å². The molecule has 9 nitrogen and oxygen atoms in total. The molecule has 1 heterocycles. The fourth-order valence-electron chi connectivity index (χ4n) is 3.99. The zero-order valence-corrected chi connectivity index (χ0v) is 19.2. The summed E-state index contributed by atoms with van der Waals surface area (Å²) in [5.41, 5.74) is 3.94. The second-order valence-corrected chi connectivity index (χ2v) is 8.31. The first-order valence-electron chi connectivity index (χ1n) is 11.7. The van der Waals surface area contributed by atoms with Gasteiger partial charge in [-0.25, -0.2) is 5.43 Å². The molecule has 0 radical (unpaired) electrons. The number of hydrogen-bond acceptors (Lipinski definition) is 6. The van der Waals surface area contributed by atoms with Crippen molar-refractivity contribution in [1.82, 2.24) is 15.6 Å². The van der Waals surface area contributed by atoms with E-state index in [-0.39, 0.29) is 23.5 Å². The molecule has 0 spiro atoms. The number of carbonyl (C=O) groups is 2. The van der Waals surface area contributed by atoms with Crippen molar-refractivity contribution in [2.45, 2.75) is 44.6 Å². The highest BCUT2D eigenvalue weighted by Gasteiger charge is 2.26. The summed E-state index contributed by atoms with van der Waals surface area (Å²) in [4.78, 5) is 37.6. The third-order valence-electron chi connectivity index (χ3n) is 5.85. The van der Waals surface area contributed by atoms with Crippen molar-refractivity contribution >= 4 is 23.7 Å². The van der Waals surface area contributed by atoms with Crippen LogP contribution in [0.3, 0.4) is 0 Å². The third-order valence-corrected chi connectivity index (χ3v) is 5.85. The number of nitrogens with one attached hydrogen (secondary N) is 2. The molecular weight excluding hydrogens is 434 g/mol. The van der Waals surface area contributed by atoms with Crippen LogP contribution >= 0.6 is 0 Å². The first kappa shape index (κ1) is 25.0. The molecule has 2 aromatic carbocycles. The van der Waals surface area contributed by atoms with Crippen LogP contribution in [0.5, 0.6) is 0 Å². The number of benzene rings is 2. The smallest absolute Gasteiger partial charge is 0.269 e. The summed E-state index contributed by atoms with van der Waals surface area (Å²) >= 11 is 0. The summed E-state index contributed by atoms with van der Waals surface area (Å²) in [6, 6.07) is 14.8. The Bertz CT molecular complexity index is 973. The Balaban J connectivity index is 1.48. The molecule has 0 aromatic heterocycles. The largest absolute Gasteiger partial charge is 0.352 e. The van der Waals surface area contributed by atoms with E-state index in [1.54, 1.807) is 24.3 Å². The van der Waals surface area contributed by atoms with E-state index in [0.717, 1.165) is 38.8 Å². The number of carbonyl (C=O) groups excluding carboxylic acids is 2. The van der Waals surface area contributed by atoms with Gasteiger partial charge in [0.1, 0.15) is 0 Å². The molecule has 0 bridgehead atoms. The Morgan fingerprint density at radius 3 is 2.41 bits per heavy atom. The zero-order valence-electron chi connectivity index (χ0n) is 19.2. The molecule has 1 saturated heterocycles. The number of rotatable bonds is 11. The van der Waals surface area contributed by atoms with Gasteiger partial charge in [0.15, 0.2) is 0 Å². The van der Waals surface area contributed by atoms with Gasteiger partial charge >= 0.3 is 0 Å². The van der Waals surface area contributed by atoms with Crippen molar-refractivity contribution in [2.24, 2.45) is 5.10 Å². The lowest BCUT2D eigenvalue weighted by molar-refractivity contribution is -0.384. The Morgan fingerprint density at radius 1 is 1.03 bits per heavy atom. The first-order valence-corrected chi connectivity index (χ1v) is 11.7. The number of piperidine rings is 1. The minimum Gasteiger partial charge on any atom is -0.352 e. The van der Waals surface area contributed by atoms with Crippen LogP contribution in [0.1, 0.15) is 54.4 Å². The number of likely N-dealkylation sites (tertiary alicyclic amines) is 1. The van der Waals surface area contributed by atoms with E-state index in [9.17, 15) is 19.7 Å². The Kier molecular flexibility index (Phi) is 9.72. The van der Waals surface area contributed by atoms with Gasteiger partial charge in [0.2, 0.25) is 0 Å². The standard InChI is InChI=1S/C25H31N5O4/c31-24(21-9-3-1-4-10-21)26-16-6-5-11-23(29-17-7-2-8-18-29)25(32)28-27-19-20-12-14-22(15-13-20)30(33)34/h1,3-4,9-10,12-15,19,23H,2,5-8,11,16-18H2,(H,26,31)(H,28,32). The van der Waals surface area contributed by atoms with Gasteiger partial charge in [-0.2, -0.15) is 5.10 Å². The number of nitrogens with zero attached hydrogens (tertiary/aromatic N) is 3. The molecule has 0 aliphatic carbocycles. The predicted octanol–water partition coefficient (Wildman–Crippen LogP) is 3.50. The number of amides is 2. The first-order chi connectivity index (χ1) is 16.5. The van der Waals surface area contributed by atoms with Crippen molar-refractivity contribution in [1.29, 1.82) is 0 Å². The molecule has 0 saturated carbocycles. The number of hydrazone groups is 1. The van der Waals surface area contributed by atoms with E-state index in [1.165, 1.54) is 24.8 Å². The minimum absolute atomic E-state index is 0.00584. The maximum atomic E-state index is 12.9. The lowest BCUT2D eigenvalue weighted by Crippen LogP contribution is -2.47. The maximum absolute atomic E-state index is 12.9. The van der Waals surface area contributed by atoms with E-state index in [2.05, 4.69) is 20.7 Å². The van der Waals surface area contributed by atoms with Crippen LogP contribution in [-0.4, -0.2) is 53.5 Å². The van der Waals surface area contributed by atoms with Crippen molar-refractivity contribution < 1.29 is 14.5 Å². The van der Waals surface area contributed by atoms with E-state index >= 15 is 0 Å². The molecule has 180 valence electrons. The van der Waals surface area contributed by atoms with Crippen LogP contribution in [0, 0.1) is 10.1 Å². The fourth-order valence-corrected chi connectivity index (χ4v) is 3.99. The quantitative estimate of drug-likeness (QED) is 0.228. The summed E-state index contributed by atoms with van der Waals surface area (Å²) in [6.45, 7) is 2.32. The molecule has 9 heteroatoms.